The van der Waals surface area contributed by atoms with Crippen molar-refractivity contribution in [3.63, 3.8) is 0 Å². The van der Waals surface area contributed by atoms with Gasteiger partial charge in [-0.25, -0.2) is 13.6 Å². The molecule has 9 heteroatoms. The third-order valence-corrected chi connectivity index (χ3v) is 5.58. The predicted molar refractivity (Wildman–Crippen MR) is 97.7 cm³/mol. The molecule has 1 aromatic heterocycles. The number of carbonyl (C=O) groups excluding carboxylic acids is 1. The summed E-state index contributed by atoms with van der Waals surface area (Å²) in [5, 5.41) is 15.5. The molecule has 1 aliphatic rings. The molecule has 0 spiro atoms. The summed E-state index contributed by atoms with van der Waals surface area (Å²) >= 11 is 0. The maximum Gasteiger partial charge on any atom is 0.257 e. The Balaban J connectivity index is 1.82. The minimum Gasteiger partial charge on any atom is -0.496 e. The summed E-state index contributed by atoms with van der Waals surface area (Å²) in [5.41, 5.74) is 1.12. The van der Waals surface area contributed by atoms with Gasteiger partial charge in [-0.1, -0.05) is 0 Å². The van der Waals surface area contributed by atoms with E-state index in [0.717, 1.165) is 5.56 Å². The molecule has 1 aliphatic heterocycles. The van der Waals surface area contributed by atoms with Crippen LogP contribution in [0.4, 0.5) is 0 Å². The van der Waals surface area contributed by atoms with Crippen LogP contribution < -0.4 is 9.88 Å². The molecule has 0 radical (unpaired) electrons. The van der Waals surface area contributed by atoms with Gasteiger partial charge in [0.1, 0.15) is 5.75 Å². The summed E-state index contributed by atoms with van der Waals surface area (Å²) in [6.45, 7) is 0.516. The lowest BCUT2D eigenvalue weighted by atomic mass is 9.97. The number of pyridine rings is 1. The number of amides is 1. The number of primary sulfonamides is 1. The van der Waals surface area contributed by atoms with E-state index in [9.17, 15) is 18.3 Å². The second-order valence-electron chi connectivity index (χ2n) is 6.50. The van der Waals surface area contributed by atoms with E-state index in [-0.39, 0.29) is 28.7 Å². The number of β-amino-alcohol motifs (C(OH)–C–C–N with tert-alkyl or cyclic N) is 1. The molecular formula is C18H21N3O5S. The fraction of sp³-hybridized carbons (Fsp3) is 0.333. The summed E-state index contributed by atoms with van der Waals surface area (Å²) in [6, 6.07) is 7.63. The molecule has 3 N–H and O–H groups in total. The number of aromatic nitrogens is 1. The van der Waals surface area contributed by atoms with Crippen LogP contribution in [0.15, 0.2) is 47.6 Å². The van der Waals surface area contributed by atoms with Gasteiger partial charge in [-0.3, -0.25) is 9.78 Å². The molecule has 0 bridgehead atoms. The first-order valence-corrected chi connectivity index (χ1v) is 9.91. The molecule has 8 nitrogen and oxygen atoms in total. The molecule has 0 unspecified atom stereocenters. The van der Waals surface area contributed by atoms with Crippen LogP contribution in [-0.4, -0.2) is 55.6 Å². The SMILES string of the molecule is COc1ccc(S(N)(=O)=O)cc1C(=O)N1C[C@@H](Cc2ccncc2)[C@@H](O)C1. The quantitative estimate of drug-likeness (QED) is 0.761. The summed E-state index contributed by atoms with van der Waals surface area (Å²) in [7, 11) is -2.55. The number of ether oxygens (including phenoxy) is 1. The van der Waals surface area contributed by atoms with Gasteiger partial charge in [-0.05, 0) is 42.3 Å². The van der Waals surface area contributed by atoms with E-state index < -0.39 is 22.0 Å². The molecule has 2 heterocycles. The monoisotopic (exact) mass is 391 g/mol. The molecule has 27 heavy (non-hydrogen) atoms. The second-order valence-corrected chi connectivity index (χ2v) is 8.07. The Kier molecular flexibility index (Phi) is 5.45. The molecule has 144 valence electrons. The van der Waals surface area contributed by atoms with E-state index in [1.165, 1.54) is 30.2 Å². The molecule has 1 aromatic carbocycles. The first-order chi connectivity index (χ1) is 12.8. The number of nitrogens with zero attached hydrogens (tertiary/aromatic N) is 2. The number of aliphatic hydroxyl groups is 1. The molecular weight excluding hydrogens is 370 g/mol. The number of methoxy groups -OCH3 is 1. The van der Waals surface area contributed by atoms with E-state index in [2.05, 4.69) is 4.98 Å². The highest BCUT2D eigenvalue weighted by molar-refractivity contribution is 7.89. The van der Waals surface area contributed by atoms with E-state index >= 15 is 0 Å². The fourth-order valence-electron chi connectivity index (χ4n) is 3.24. The van der Waals surface area contributed by atoms with Crippen LogP contribution in [0.25, 0.3) is 0 Å². The zero-order valence-electron chi connectivity index (χ0n) is 14.8. The fourth-order valence-corrected chi connectivity index (χ4v) is 3.78. The Bertz CT molecular complexity index is 933. The Morgan fingerprint density at radius 3 is 2.63 bits per heavy atom. The summed E-state index contributed by atoms with van der Waals surface area (Å²) < 4.78 is 28.4. The molecule has 1 amide bonds. The lowest BCUT2D eigenvalue weighted by Gasteiger charge is -2.18. The van der Waals surface area contributed by atoms with Gasteiger partial charge in [-0.15, -0.1) is 0 Å². The molecule has 0 aliphatic carbocycles. The van der Waals surface area contributed by atoms with E-state index in [1.807, 2.05) is 12.1 Å². The standard InChI is InChI=1S/C18H21N3O5S/c1-26-17-3-2-14(27(19,24)25)9-15(17)18(23)21-10-13(16(22)11-21)8-12-4-6-20-7-5-12/h2-7,9,13,16,22H,8,10-11H2,1H3,(H2,19,24,25)/t13-,16+/m1/s1. The second kappa shape index (κ2) is 7.63. The molecule has 0 saturated carbocycles. The third kappa shape index (κ3) is 4.26. The van der Waals surface area contributed by atoms with Crippen molar-refractivity contribution in [2.45, 2.75) is 17.4 Å². The van der Waals surface area contributed by atoms with Crippen LogP contribution in [-0.2, 0) is 16.4 Å². The van der Waals surface area contributed by atoms with E-state index in [0.29, 0.717) is 13.0 Å². The highest BCUT2D eigenvalue weighted by Crippen LogP contribution is 2.27. The van der Waals surface area contributed by atoms with Crippen molar-refractivity contribution in [3.8, 4) is 5.75 Å². The Morgan fingerprint density at radius 1 is 1.30 bits per heavy atom. The van der Waals surface area contributed by atoms with Crippen LogP contribution in [0.1, 0.15) is 15.9 Å². The van der Waals surface area contributed by atoms with Gasteiger partial charge in [0.25, 0.3) is 5.91 Å². The average Bonchev–Trinajstić information content (AvgIpc) is 3.01. The van der Waals surface area contributed by atoms with Crippen LogP contribution >= 0.6 is 0 Å². The van der Waals surface area contributed by atoms with Crippen molar-refractivity contribution in [3.05, 3.63) is 53.9 Å². The zero-order chi connectivity index (χ0) is 19.6. The minimum atomic E-state index is -3.95. The van der Waals surface area contributed by atoms with Crippen LogP contribution in [0.5, 0.6) is 5.75 Å². The number of likely N-dealkylation sites (tertiary alicyclic amines) is 1. The number of nitrogens with two attached hydrogens (primary N) is 1. The van der Waals surface area contributed by atoms with E-state index in [4.69, 9.17) is 9.88 Å². The predicted octanol–water partition coefficient (Wildman–Crippen LogP) is 0.413. The number of sulfonamides is 1. The normalized spacial score (nSPS) is 19.9. The lowest BCUT2D eigenvalue weighted by molar-refractivity contribution is 0.0761. The van der Waals surface area contributed by atoms with Crippen molar-refractivity contribution >= 4 is 15.9 Å². The maximum absolute atomic E-state index is 12.9. The van der Waals surface area contributed by atoms with Gasteiger partial charge in [0.15, 0.2) is 0 Å². The summed E-state index contributed by atoms with van der Waals surface area (Å²) in [4.78, 5) is 18.2. The number of carbonyl (C=O) groups is 1. The lowest BCUT2D eigenvalue weighted by Crippen LogP contribution is -2.30. The third-order valence-electron chi connectivity index (χ3n) is 4.67. The van der Waals surface area contributed by atoms with Crippen molar-refractivity contribution in [1.29, 1.82) is 0 Å². The van der Waals surface area contributed by atoms with Crippen LogP contribution in [0.3, 0.4) is 0 Å². The number of aliphatic hydroxyl groups excluding tert-OH is 1. The molecule has 1 fully saturated rings. The number of benzene rings is 1. The minimum absolute atomic E-state index is 0.0980. The van der Waals surface area contributed by atoms with E-state index in [1.54, 1.807) is 12.4 Å². The van der Waals surface area contributed by atoms with Gasteiger partial charge in [-0.2, -0.15) is 0 Å². The van der Waals surface area contributed by atoms with Crippen LogP contribution in [0.2, 0.25) is 0 Å². The summed E-state index contributed by atoms with van der Waals surface area (Å²) in [5.74, 6) is -0.281. The number of hydrogen-bond acceptors (Lipinski definition) is 6. The Labute approximate surface area is 157 Å². The highest BCUT2D eigenvalue weighted by Gasteiger charge is 2.35. The van der Waals surface area contributed by atoms with Gasteiger partial charge >= 0.3 is 0 Å². The molecule has 2 atom stereocenters. The molecule has 3 rings (SSSR count). The average molecular weight is 391 g/mol. The van der Waals surface area contributed by atoms with Gasteiger partial charge in [0, 0.05) is 31.4 Å². The first-order valence-electron chi connectivity index (χ1n) is 8.36. The maximum atomic E-state index is 12.9. The Hall–Kier alpha value is -2.49. The smallest absolute Gasteiger partial charge is 0.257 e. The van der Waals surface area contributed by atoms with Gasteiger partial charge in [0.2, 0.25) is 10.0 Å². The topological polar surface area (TPSA) is 123 Å². The Morgan fingerprint density at radius 2 is 2.00 bits per heavy atom. The largest absolute Gasteiger partial charge is 0.496 e. The van der Waals surface area contributed by atoms with Crippen molar-refractivity contribution < 1.29 is 23.1 Å². The first kappa shape index (κ1) is 19.3. The number of hydrogen-bond donors (Lipinski definition) is 2. The van der Waals surface area contributed by atoms with Gasteiger partial charge < -0.3 is 14.7 Å². The van der Waals surface area contributed by atoms with Crippen LogP contribution in [0, 0.1) is 5.92 Å². The van der Waals surface area contributed by atoms with Crippen molar-refractivity contribution in [1.82, 2.24) is 9.88 Å². The van der Waals surface area contributed by atoms with Gasteiger partial charge in [0.05, 0.1) is 23.7 Å². The highest BCUT2D eigenvalue weighted by atomic mass is 32.2. The van der Waals surface area contributed by atoms with Crippen molar-refractivity contribution in [2.75, 3.05) is 20.2 Å². The molecule has 1 saturated heterocycles. The number of rotatable bonds is 5. The van der Waals surface area contributed by atoms with Crippen molar-refractivity contribution in [2.24, 2.45) is 11.1 Å². The molecule has 2 aromatic rings. The summed E-state index contributed by atoms with van der Waals surface area (Å²) in [6.07, 6.45) is 3.31. The zero-order valence-corrected chi connectivity index (χ0v) is 15.6.